The highest BCUT2D eigenvalue weighted by atomic mass is 35.5. The van der Waals surface area contributed by atoms with Crippen LogP contribution in [0.4, 0.5) is 0 Å². The molecule has 0 aliphatic carbocycles. The standard InChI is InChI=1S/C27H31ClN2O4S/c1-21-6-8-22(9-7-21)20-34-27(23-4-3-5-25(18-23)33-2)19-29-14-16-30(17-15-29)35(31,32)26-12-10-24(28)11-13-26/h3-13,18,27H,14-17,19-20H2,1-2H3. The highest BCUT2D eigenvalue weighted by Crippen LogP contribution is 2.26. The first-order chi connectivity index (χ1) is 16.8. The van der Waals surface area contributed by atoms with E-state index in [2.05, 4.69) is 36.1 Å². The molecule has 0 bridgehead atoms. The topological polar surface area (TPSA) is 59.1 Å². The fourth-order valence-corrected chi connectivity index (χ4v) is 5.67. The van der Waals surface area contributed by atoms with E-state index >= 15 is 0 Å². The van der Waals surface area contributed by atoms with Crippen molar-refractivity contribution in [3.63, 3.8) is 0 Å². The Labute approximate surface area is 213 Å². The van der Waals surface area contributed by atoms with Crippen LogP contribution >= 0.6 is 11.6 Å². The first-order valence-electron chi connectivity index (χ1n) is 11.6. The van der Waals surface area contributed by atoms with Gasteiger partial charge >= 0.3 is 0 Å². The fraction of sp³-hybridized carbons (Fsp3) is 0.333. The van der Waals surface area contributed by atoms with E-state index in [0.717, 1.165) is 16.9 Å². The van der Waals surface area contributed by atoms with Crippen LogP contribution in [-0.4, -0.2) is 57.5 Å². The number of ether oxygens (including phenoxy) is 2. The molecule has 1 saturated heterocycles. The first kappa shape index (κ1) is 25.7. The molecule has 8 heteroatoms. The third kappa shape index (κ3) is 6.63. The van der Waals surface area contributed by atoms with Crippen molar-refractivity contribution in [1.82, 2.24) is 9.21 Å². The van der Waals surface area contributed by atoms with Crippen LogP contribution in [0.3, 0.4) is 0 Å². The monoisotopic (exact) mass is 514 g/mol. The molecule has 3 aromatic carbocycles. The number of halogens is 1. The number of nitrogens with zero attached hydrogens (tertiary/aromatic N) is 2. The third-order valence-corrected chi connectivity index (χ3v) is 8.41. The molecule has 35 heavy (non-hydrogen) atoms. The van der Waals surface area contributed by atoms with Gasteiger partial charge in [0.25, 0.3) is 0 Å². The number of sulfonamides is 1. The van der Waals surface area contributed by atoms with E-state index < -0.39 is 10.0 Å². The van der Waals surface area contributed by atoms with Crippen molar-refractivity contribution < 1.29 is 17.9 Å². The number of hydrogen-bond donors (Lipinski definition) is 0. The number of benzene rings is 3. The quantitative estimate of drug-likeness (QED) is 0.405. The van der Waals surface area contributed by atoms with E-state index in [9.17, 15) is 8.42 Å². The van der Waals surface area contributed by atoms with Gasteiger partial charge in [-0.3, -0.25) is 4.90 Å². The maximum Gasteiger partial charge on any atom is 0.243 e. The summed E-state index contributed by atoms with van der Waals surface area (Å²) in [4.78, 5) is 2.53. The van der Waals surface area contributed by atoms with Crippen molar-refractivity contribution >= 4 is 21.6 Å². The van der Waals surface area contributed by atoms with Gasteiger partial charge in [-0.05, 0) is 54.4 Å². The minimum atomic E-state index is -3.54. The summed E-state index contributed by atoms with van der Waals surface area (Å²) in [6.07, 6.45) is -0.175. The Kier molecular flexibility index (Phi) is 8.46. The van der Waals surface area contributed by atoms with Crippen molar-refractivity contribution in [1.29, 1.82) is 0 Å². The molecule has 1 heterocycles. The Morgan fingerprint density at radius 2 is 1.63 bits per heavy atom. The highest BCUT2D eigenvalue weighted by Gasteiger charge is 2.29. The molecule has 6 nitrogen and oxygen atoms in total. The SMILES string of the molecule is COc1cccc(C(CN2CCN(S(=O)(=O)c3ccc(Cl)cc3)CC2)OCc2ccc(C)cc2)c1. The second-order valence-electron chi connectivity index (χ2n) is 8.72. The van der Waals surface area contributed by atoms with E-state index in [1.165, 1.54) is 5.56 Å². The van der Waals surface area contributed by atoms with E-state index in [1.807, 2.05) is 24.3 Å². The summed E-state index contributed by atoms with van der Waals surface area (Å²) in [7, 11) is -1.89. The molecule has 186 valence electrons. The van der Waals surface area contributed by atoms with Crippen molar-refractivity contribution in [3.05, 3.63) is 94.5 Å². The maximum atomic E-state index is 13.0. The smallest absolute Gasteiger partial charge is 0.243 e. The molecule has 0 spiro atoms. The van der Waals surface area contributed by atoms with Gasteiger partial charge in [-0.15, -0.1) is 0 Å². The summed E-state index contributed by atoms with van der Waals surface area (Å²) in [5, 5.41) is 0.517. The molecule has 0 saturated carbocycles. The summed E-state index contributed by atoms with van der Waals surface area (Å²) in [6.45, 7) is 5.32. The number of hydrogen-bond acceptors (Lipinski definition) is 5. The summed E-state index contributed by atoms with van der Waals surface area (Å²) in [5.41, 5.74) is 3.36. The molecule has 1 aliphatic rings. The zero-order valence-electron chi connectivity index (χ0n) is 20.1. The van der Waals surface area contributed by atoms with Gasteiger partial charge in [0.2, 0.25) is 10.0 Å². The van der Waals surface area contributed by atoms with Crippen LogP contribution in [0.15, 0.2) is 77.7 Å². The van der Waals surface area contributed by atoms with Crippen molar-refractivity contribution in [2.75, 3.05) is 39.8 Å². The van der Waals surface area contributed by atoms with Gasteiger partial charge in [-0.1, -0.05) is 53.6 Å². The number of piperazine rings is 1. The molecule has 3 aromatic rings. The molecular formula is C27H31ClN2O4S. The van der Waals surface area contributed by atoms with Crippen molar-refractivity contribution in [2.24, 2.45) is 0 Å². The van der Waals surface area contributed by atoms with Gasteiger partial charge in [-0.2, -0.15) is 4.31 Å². The minimum absolute atomic E-state index is 0.175. The Morgan fingerprint density at radius 3 is 2.29 bits per heavy atom. The van der Waals surface area contributed by atoms with Gasteiger partial charge < -0.3 is 9.47 Å². The van der Waals surface area contributed by atoms with Crippen LogP contribution in [0.5, 0.6) is 5.75 Å². The predicted octanol–water partition coefficient (Wildman–Crippen LogP) is 4.92. The molecular weight excluding hydrogens is 484 g/mol. The van der Waals surface area contributed by atoms with Crippen LogP contribution in [0.1, 0.15) is 22.8 Å². The van der Waals surface area contributed by atoms with Gasteiger partial charge in [0.1, 0.15) is 5.75 Å². The molecule has 1 unspecified atom stereocenters. The molecule has 0 radical (unpaired) electrons. The van der Waals surface area contributed by atoms with Crippen LogP contribution in [0.2, 0.25) is 5.02 Å². The third-order valence-electron chi connectivity index (χ3n) is 6.24. The largest absolute Gasteiger partial charge is 0.497 e. The van der Waals surface area contributed by atoms with Gasteiger partial charge in [0.15, 0.2) is 0 Å². The Balaban J connectivity index is 1.43. The maximum absolute atomic E-state index is 13.0. The van der Waals surface area contributed by atoms with Crippen LogP contribution in [-0.2, 0) is 21.4 Å². The van der Waals surface area contributed by atoms with Gasteiger partial charge in [0, 0.05) is 37.7 Å². The molecule has 4 rings (SSSR count). The summed E-state index contributed by atoms with van der Waals surface area (Å²) in [5.74, 6) is 0.783. The number of aryl methyl sites for hydroxylation is 1. The average Bonchev–Trinajstić information content (AvgIpc) is 2.88. The van der Waals surface area contributed by atoms with E-state index in [-0.39, 0.29) is 11.0 Å². The lowest BCUT2D eigenvalue weighted by molar-refractivity contribution is 0.00762. The zero-order valence-corrected chi connectivity index (χ0v) is 21.6. The van der Waals surface area contributed by atoms with E-state index in [1.54, 1.807) is 35.7 Å². The molecule has 1 atom stereocenters. The summed E-state index contributed by atoms with van der Waals surface area (Å²) in [6, 6.07) is 22.6. The first-order valence-corrected chi connectivity index (χ1v) is 13.5. The molecule has 0 amide bonds. The second-order valence-corrected chi connectivity index (χ2v) is 11.1. The van der Waals surface area contributed by atoms with Crippen LogP contribution in [0.25, 0.3) is 0 Å². The van der Waals surface area contributed by atoms with Gasteiger partial charge in [0.05, 0.1) is 24.7 Å². The van der Waals surface area contributed by atoms with E-state index in [0.29, 0.717) is 44.4 Å². The lowest BCUT2D eigenvalue weighted by atomic mass is 10.1. The number of rotatable bonds is 9. The Hall–Kier alpha value is -2.42. The van der Waals surface area contributed by atoms with Gasteiger partial charge in [-0.25, -0.2) is 8.42 Å². The zero-order chi connectivity index (χ0) is 24.8. The van der Waals surface area contributed by atoms with E-state index in [4.69, 9.17) is 21.1 Å². The lowest BCUT2D eigenvalue weighted by Crippen LogP contribution is -2.49. The normalized spacial score (nSPS) is 16.2. The Bertz CT molecular complexity index is 1210. The minimum Gasteiger partial charge on any atom is -0.497 e. The van der Waals surface area contributed by atoms with Crippen LogP contribution < -0.4 is 4.74 Å². The second kappa shape index (κ2) is 11.5. The molecule has 1 fully saturated rings. The molecule has 0 aromatic heterocycles. The summed E-state index contributed by atoms with van der Waals surface area (Å²) >= 11 is 5.92. The highest BCUT2D eigenvalue weighted by molar-refractivity contribution is 7.89. The van der Waals surface area contributed by atoms with Crippen molar-refractivity contribution in [3.8, 4) is 5.75 Å². The molecule has 0 N–H and O–H groups in total. The number of methoxy groups -OCH3 is 1. The fourth-order valence-electron chi connectivity index (χ4n) is 4.12. The summed E-state index contributed by atoms with van der Waals surface area (Å²) < 4.78 is 39.4. The van der Waals surface area contributed by atoms with Crippen LogP contribution in [0, 0.1) is 6.92 Å². The average molecular weight is 515 g/mol. The lowest BCUT2D eigenvalue weighted by Gasteiger charge is -2.36. The Morgan fingerprint density at radius 1 is 0.943 bits per heavy atom. The predicted molar refractivity (Wildman–Crippen MR) is 138 cm³/mol. The van der Waals surface area contributed by atoms with Crippen molar-refractivity contribution in [2.45, 2.75) is 24.5 Å². The molecule has 1 aliphatic heterocycles.